The molecule has 0 amide bonds. The molecular weight excluding hydrogens is 407 g/mol. The van der Waals surface area contributed by atoms with Crippen LogP contribution in [0.2, 0.25) is 0 Å². The van der Waals surface area contributed by atoms with Gasteiger partial charge in [-0.25, -0.2) is 0 Å². The lowest BCUT2D eigenvalue weighted by atomic mass is 10.1. The number of nitrogens with one attached hydrogen (secondary N) is 2. The zero-order valence-electron chi connectivity index (χ0n) is 14.1. The number of morpholine rings is 1. The van der Waals surface area contributed by atoms with Crippen molar-refractivity contribution in [3.63, 3.8) is 0 Å². The Hall–Kier alpha value is -0.800. The first-order chi connectivity index (χ1) is 10.8. The third-order valence-corrected chi connectivity index (χ3v) is 3.76. The quantitative estimate of drug-likeness (QED) is 0.386. The van der Waals surface area contributed by atoms with Crippen LogP contribution in [0.5, 0.6) is 0 Å². The van der Waals surface area contributed by atoms with Crippen LogP contribution in [0.15, 0.2) is 27.8 Å². The van der Waals surface area contributed by atoms with Crippen LogP contribution in [-0.2, 0) is 11.2 Å². The van der Waals surface area contributed by atoms with Gasteiger partial charge < -0.3 is 19.8 Å². The van der Waals surface area contributed by atoms with Crippen molar-refractivity contribution in [2.75, 3.05) is 53.0 Å². The van der Waals surface area contributed by atoms with Crippen LogP contribution in [0.4, 0.5) is 0 Å². The lowest BCUT2D eigenvalue weighted by Gasteiger charge is -2.29. The minimum Gasteiger partial charge on any atom is -0.469 e. The van der Waals surface area contributed by atoms with Crippen LogP contribution in [0.25, 0.3) is 0 Å². The van der Waals surface area contributed by atoms with Gasteiger partial charge in [-0.1, -0.05) is 6.92 Å². The number of guanidine groups is 1. The Labute approximate surface area is 156 Å². The molecule has 0 spiro atoms. The summed E-state index contributed by atoms with van der Waals surface area (Å²) in [6, 6.07) is 3.90. The lowest BCUT2D eigenvalue weighted by molar-refractivity contribution is 0.0320. The van der Waals surface area contributed by atoms with Gasteiger partial charge in [0.2, 0.25) is 0 Å². The number of aliphatic imine (C=N–C) groups is 1. The molecule has 23 heavy (non-hydrogen) atoms. The molecule has 2 rings (SSSR count). The Bertz CT molecular complexity index is 433. The molecule has 1 aliphatic rings. The Morgan fingerprint density at radius 3 is 2.78 bits per heavy atom. The van der Waals surface area contributed by atoms with Crippen LogP contribution in [0.1, 0.15) is 12.7 Å². The number of rotatable bonds is 7. The molecule has 1 aromatic heterocycles. The SMILES string of the molecule is CN=C(NCCc1ccco1)NCC(C)CN1CCOCC1.I. The zero-order valence-corrected chi connectivity index (χ0v) is 16.4. The van der Waals surface area contributed by atoms with Gasteiger partial charge in [0.1, 0.15) is 5.76 Å². The van der Waals surface area contributed by atoms with E-state index in [0.29, 0.717) is 5.92 Å². The van der Waals surface area contributed by atoms with Crippen molar-refractivity contribution >= 4 is 29.9 Å². The summed E-state index contributed by atoms with van der Waals surface area (Å²) in [6.45, 7) is 8.88. The Balaban J connectivity index is 0.00000264. The molecule has 6 nitrogen and oxygen atoms in total. The molecule has 0 bridgehead atoms. The molecule has 1 fully saturated rings. The number of hydrogen-bond acceptors (Lipinski definition) is 4. The molecule has 2 heterocycles. The Morgan fingerprint density at radius 1 is 1.35 bits per heavy atom. The first-order valence-corrected chi connectivity index (χ1v) is 8.05. The standard InChI is InChI=1S/C16H28N4O2.HI/c1-14(13-20-7-10-21-11-8-20)12-19-16(17-2)18-6-5-15-4-3-9-22-15;/h3-4,9,14H,5-8,10-13H2,1-2H3,(H2,17,18,19);1H. The topological polar surface area (TPSA) is 62.0 Å². The van der Waals surface area contributed by atoms with Crippen LogP contribution in [-0.4, -0.2) is 63.8 Å². The first-order valence-electron chi connectivity index (χ1n) is 8.05. The highest BCUT2D eigenvalue weighted by Crippen LogP contribution is 2.02. The number of halogens is 1. The van der Waals surface area contributed by atoms with Crippen molar-refractivity contribution in [2.45, 2.75) is 13.3 Å². The summed E-state index contributed by atoms with van der Waals surface area (Å²) >= 11 is 0. The largest absolute Gasteiger partial charge is 0.469 e. The smallest absolute Gasteiger partial charge is 0.191 e. The van der Waals surface area contributed by atoms with Crippen LogP contribution in [0, 0.1) is 5.92 Å². The van der Waals surface area contributed by atoms with E-state index in [-0.39, 0.29) is 24.0 Å². The highest BCUT2D eigenvalue weighted by molar-refractivity contribution is 14.0. The minimum atomic E-state index is 0. The fourth-order valence-corrected chi connectivity index (χ4v) is 2.54. The second kappa shape index (κ2) is 11.7. The lowest BCUT2D eigenvalue weighted by Crippen LogP contribution is -2.44. The molecule has 0 saturated carbocycles. The van der Waals surface area contributed by atoms with Gasteiger partial charge in [-0.2, -0.15) is 0 Å². The summed E-state index contributed by atoms with van der Waals surface area (Å²) in [4.78, 5) is 6.72. The van der Waals surface area contributed by atoms with Crippen molar-refractivity contribution in [3.8, 4) is 0 Å². The van der Waals surface area contributed by atoms with E-state index < -0.39 is 0 Å². The molecule has 0 aliphatic carbocycles. The van der Waals surface area contributed by atoms with E-state index in [0.717, 1.165) is 64.1 Å². The van der Waals surface area contributed by atoms with E-state index in [9.17, 15) is 0 Å². The van der Waals surface area contributed by atoms with Gasteiger partial charge in [-0.3, -0.25) is 9.89 Å². The van der Waals surface area contributed by atoms with E-state index in [1.54, 1.807) is 13.3 Å². The van der Waals surface area contributed by atoms with Crippen molar-refractivity contribution < 1.29 is 9.15 Å². The van der Waals surface area contributed by atoms with Crippen LogP contribution in [0.3, 0.4) is 0 Å². The molecular formula is C16H29IN4O2. The summed E-state index contributed by atoms with van der Waals surface area (Å²) in [6.07, 6.45) is 2.56. The number of nitrogens with zero attached hydrogens (tertiary/aromatic N) is 2. The van der Waals surface area contributed by atoms with Crippen molar-refractivity contribution in [1.82, 2.24) is 15.5 Å². The Kier molecular flexibility index (Phi) is 10.3. The molecule has 1 aromatic rings. The molecule has 132 valence electrons. The zero-order chi connectivity index (χ0) is 15.6. The van der Waals surface area contributed by atoms with Gasteiger partial charge in [-0.15, -0.1) is 24.0 Å². The maximum absolute atomic E-state index is 5.38. The molecule has 1 unspecified atom stereocenters. The second-order valence-corrected chi connectivity index (χ2v) is 5.73. The molecule has 1 saturated heterocycles. The summed E-state index contributed by atoms with van der Waals surface area (Å²) in [7, 11) is 1.80. The van der Waals surface area contributed by atoms with Crippen LogP contribution < -0.4 is 10.6 Å². The van der Waals surface area contributed by atoms with Gasteiger partial charge >= 0.3 is 0 Å². The average molecular weight is 436 g/mol. The van der Waals surface area contributed by atoms with E-state index in [2.05, 4.69) is 27.4 Å². The molecule has 1 atom stereocenters. The molecule has 1 aliphatic heterocycles. The summed E-state index contributed by atoms with van der Waals surface area (Å²) in [5.41, 5.74) is 0. The fourth-order valence-electron chi connectivity index (χ4n) is 2.54. The van der Waals surface area contributed by atoms with Crippen LogP contribution >= 0.6 is 24.0 Å². The molecule has 2 N–H and O–H groups in total. The van der Waals surface area contributed by atoms with Gasteiger partial charge in [0.25, 0.3) is 0 Å². The monoisotopic (exact) mass is 436 g/mol. The van der Waals surface area contributed by atoms with Gasteiger partial charge in [-0.05, 0) is 18.1 Å². The minimum absolute atomic E-state index is 0. The predicted molar refractivity (Wildman–Crippen MR) is 104 cm³/mol. The van der Waals surface area contributed by atoms with Crippen molar-refractivity contribution in [3.05, 3.63) is 24.2 Å². The number of furan rings is 1. The second-order valence-electron chi connectivity index (χ2n) is 5.73. The van der Waals surface area contributed by atoms with Gasteiger partial charge in [0.15, 0.2) is 5.96 Å². The highest BCUT2D eigenvalue weighted by atomic mass is 127. The van der Waals surface area contributed by atoms with E-state index in [4.69, 9.17) is 9.15 Å². The normalized spacial score (nSPS) is 17.4. The van der Waals surface area contributed by atoms with Crippen molar-refractivity contribution in [2.24, 2.45) is 10.9 Å². The average Bonchev–Trinajstić information content (AvgIpc) is 3.05. The molecule has 0 radical (unpaired) electrons. The highest BCUT2D eigenvalue weighted by Gasteiger charge is 2.13. The summed E-state index contributed by atoms with van der Waals surface area (Å²) < 4.78 is 10.7. The van der Waals surface area contributed by atoms with Gasteiger partial charge in [0, 0.05) is 46.2 Å². The van der Waals surface area contributed by atoms with E-state index in [1.165, 1.54) is 0 Å². The fraction of sp³-hybridized carbons (Fsp3) is 0.688. The van der Waals surface area contributed by atoms with Gasteiger partial charge in [0.05, 0.1) is 19.5 Å². The maximum Gasteiger partial charge on any atom is 0.191 e. The van der Waals surface area contributed by atoms with E-state index in [1.807, 2.05) is 12.1 Å². The maximum atomic E-state index is 5.38. The molecule has 0 aromatic carbocycles. The Morgan fingerprint density at radius 2 is 2.13 bits per heavy atom. The summed E-state index contributed by atoms with van der Waals surface area (Å²) in [5.74, 6) is 2.41. The third kappa shape index (κ3) is 8.03. The first kappa shape index (κ1) is 20.2. The van der Waals surface area contributed by atoms with Crippen molar-refractivity contribution in [1.29, 1.82) is 0 Å². The number of hydrogen-bond donors (Lipinski definition) is 2. The molecule has 7 heteroatoms. The predicted octanol–water partition coefficient (Wildman–Crippen LogP) is 1.57. The van der Waals surface area contributed by atoms with E-state index >= 15 is 0 Å². The number of ether oxygens (including phenoxy) is 1. The third-order valence-electron chi connectivity index (χ3n) is 3.76. The summed E-state index contributed by atoms with van der Waals surface area (Å²) in [5, 5.41) is 6.70.